The van der Waals surface area contributed by atoms with Gasteiger partial charge >= 0.3 is 0 Å². The summed E-state index contributed by atoms with van der Waals surface area (Å²) in [6, 6.07) is 15.1. The number of fused-ring (bicyclic) bond motifs is 1. The van der Waals surface area contributed by atoms with Crippen molar-refractivity contribution in [2.75, 3.05) is 32.8 Å². The van der Waals surface area contributed by atoms with Crippen molar-refractivity contribution in [1.29, 1.82) is 0 Å². The molecular formula is C26H29ClN6O4. The minimum absolute atomic E-state index is 0.0804. The molecule has 3 heterocycles. The van der Waals surface area contributed by atoms with Gasteiger partial charge in [0, 0.05) is 17.1 Å². The molecule has 37 heavy (non-hydrogen) atoms. The van der Waals surface area contributed by atoms with Crippen molar-refractivity contribution in [2.24, 2.45) is 0 Å². The fourth-order valence-electron chi connectivity index (χ4n) is 4.71. The number of hydrogen-bond donors (Lipinski definition) is 1. The van der Waals surface area contributed by atoms with Crippen LogP contribution in [0.3, 0.4) is 0 Å². The zero-order valence-corrected chi connectivity index (χ0v) is 21.2. The van der Waals surface area contributed by atoms with Gasteiger partial charge in [-0.1, -0.05) is 29.8 Å². The molecule has 0 saturated carbocycles. The lowest BCUT2D eigenvalue weighted by Crippen LogP contribution is -2.61. The molecule has 2 aliphatic rings. The van der Waals surface area contributed by atoms with Crippen molar-refractivity contribution in [1.82, 2.24) is 30.4 Å². The van der Waals surface area contributed by atoms with Crippen LogP contribution < -0.4 is 10.1 Å². The number of nitrogens with zero attached hydrogens (tertiary/aromatic N) is 5. The van der Waals surface area contributed by atoms with E-state index >= 15 is 0 Å². The van der Waals surface area contributed by atoms with Gasteiger partial charge in [-0.2, -0.15) is 4.80 Å². The number of carbonyl (C=O) groups excluding carboxylic acids is 2. The average Bonchev–Trinajstić information content (AvgIpc) is 3.38. The smallest absolute Gasteiger partial charge is 0.254 e. The lowest BCUT2D eigenvalue weighted by molar-refractivity contribution is -0.168. The molecule has 1 N–H and O–H groups in total. The number of aryl methyl sites for hydroxylation is 1. The predicted octanol–water partition coefficient (Wildman–Crippen LogP) is 2.51. The lowest BCUT2D eigenvalue weighted by atomic mass is 9.91. The molecule has 2 aliphatic heterocycles. The molecule has 1 unspecified atom stereocenters. The van der Waals surface area contributed by atoms with Crippen LogP contribution in [0, 0.1) is 0 Å². The first-order valence-electron chi connectivity index (χ1n) is 12.5. The number of benzene rings is 2. The summed E-state index contributed by atoms with van der Waals surface area (Å²) in [5.41, 5.74) is 0.810. The standard InChI is InChI=1S/C26H29ClN6O4/c27-21-10-8-20(9-11-21)24-29-31-33(30-24)17-23(34)32-14-16-37-26(18-32)12-4-3-6-19-5-1-2-7-22(19)36-15-13-28-25(26)35/h1-2,5,7-11H,3-4,6,12-18H2,(H,28,35). The van der Waals surface area contributed by atoms with E-state index in [1.807, 2.05) is 18.2 Å². The van der Waals surface area contributed by atoms with Crippen molar-refractivity contribution in [3.63, 3.8) is 0 Å². The molecule has 1 spiro atoms. The van der Waals surface area contributed by atoms with Crippen LogP contribution in [0.2, 0.25) is 5.02 Å². The van der Waals surface area contributed by atoms with Gasteiger partial charge in [-0.25, -0.2) is 0 Å². The Hall–Kier alpha value is -3.50. The Bertz CT molecular complexity index is 1250. The van der Waals surface area contributed by atoms with Gasteiger partial charge in [0.15, 0.2) is 5.60 Å². The van der Waals surface area contributed by atoms with Gasteiger partial charge in [-0.15, -0.1) is 10.2 Å². The number of carbonyl (C=O) groups is 2. The Labute approximate surface area is 219 Å². The third-order valence-electron chi connectivity index (χ3n) is 6.68. The molecular weight excluding hydrogens is 496 g/mol. The van der Waals surface area contributed by atoms with Crippen LogP contribution in [0.4, 0.5) is 0 Å². The number of amides is 2. The molecule has 194 valence electrons. The van der Waals surface area contributed by atoms with E-state index in [2.05, 4.69) is 26.8 Å². The fraction of sp³-hybridized carbons (Fsp3) is 0.423. The van der Waals surface area contributed by atoms with Gasteiger partial charge in [0.05, 0.1) is 19.7 Å². The molecule has 1 atom stereocenters. The Morgan fingerprint density at radius 1 is 1.11 bits per heavy atom. The number of halogens is 1. The van der Waals surface area contributed by atoms with Gasteiger partial charge in [-0.3, -0.25) is 9.59 Å². The maximum absolute atomic E-state index is 13.3. The molecule has 11 heteroatoms. The highest BCUT2D eigenvalue weighted by molar-refractivity contribution is 6.30. The van der Waals surface area contributed by atoms with Crippen LogP contribution in [-0.4, -0.2) is 75.4 Å². The monoisotopic (exact) mass is 524 g/mol. The zero-order valence-electron chi connectivity index (χ0n) is 20.4. The number of tetrazole rings is 1. The van der Waals surface area contributed by atoms with Crippen molar-refractivity contribution in [3.8, 4) is 17.1 Å². The molecule has 10 nitrogen and oxygen atoms in total. The normalized spacial score (nSPS) is 20.8. The van der Waals surface area contributed by atoms with Gasteiger partial charge in [-0.05, 0) is 66.8 Å². The second kappa shape index (κ2) is 11.3. The number of rotatable bonds is 3. The molecule has 2 aromatic carbocycles. The summed E-state index contributed by atoms with van der Waals surface area (Å²) >= 11 is 5.95. The number of aromatic nitrogens is 4. The van der Waals surface area contributed by atoms with Gasteiger partial charge in [0.1, 0.15) is 18.9 Å². The quantitative estimate of drug-likeness (QED) is 0.560. The number of para-hydroxylation sites is 1. The number of ether oxygens (including phenoxy) is 2. The molecule has 1 aromatic heterocycles. The van der Waals surface area contributed by atoms with Gasteiger partial charge in [0.25, 0.3) is 5.91 Å². The van der Waals surface area contributed by atoms with Crippen molar-refractivity contribution >= 4 is 23.4 Å². The maximum atomic E-state index is 13.3. The number of morpholine rings is 1. The largest absolute Gasteiger partial charge is 0.491 e. The SMILES string of the molecule is O=C(Cn1nnc(-c2ccc(Cl)cc2)n1)N1CCOC2(CCCCc3ccccc3OCCNC2=O)C1. The van der Waals surface area contributed by atoms with Crippen LogP contribution >= 0.6 is 11.6 Å². The minimum Gasteiger partial charge on any atom is -0.491 e. The summed E-state index contributed by atoms with van der Waals surface area (Å²) < 4.78 is 12.0. The molecule has 3 aromatic rings. The van der Waals surface area contributed by atoms with Crippen molar-refractivity contribution < 1.29 is 19.1 Å². The Morgan fingerprint density at radius 3 is 2.81 bits per heavy atom. The highest BCUT2D eigenvalue weighted by atomic mass is 35.5. The first-order valence-corrected chi connectivity index (χ1v) is 12.8. The highest BCUT2D eigenvalue weighted by Crippen LogP contribution is 2.28. The minimum atomic E-state index is -1.10. The molecule has 0 aliphatic carbocycles. The van der Waals surface area contributed by atoms with Crippen LogP contribution in [0.15, 0.2) is 48.5 Å². The molecule has 2 amide bonds. The topological polar surface area (TPSA) is 111 Å². The third-order valence-corrected chi connectivity index (χ3v) is 6.93. The van der Waals surface area contributed by atoms with Gasteiger partial charge in [0.2, 0.25) is 11.7 Å². The van der Waals surface area contributed by atoms with Crippen LogP contribution in [-0.2, 0) is 27.3 Å². The molecule has 0 bridgehead atoms. The zero-order chi connectivity index (χ0) is 25.7. The van der Waals surface area contributed by atoms with E-state index in [9.17, 15) is 9.59 Å². The first-order chi connectivity index (χ1) is 18.0. The van der Waals surface area contributed by atoms with Gasteiger partial charge < -0.3 is 19.7 Å². The van der Waals surface area contributed by atoms with E-state index in [0.29, 0.717) is 37.0 Å². The summed E-state index contributed by atoms with van der Waals surface area (Å²) in [5.74, 6) is 0.856. The van der Waals surface area contributed by atoms with E-state index in [1.165, 1.54) is 4.80 Å². The molecule has 0 radical (unpaired) electrons. The second-order valence-electron chi connectivity index (χ2n) is 9.23. The van der Waals surface area contributed by atoms with E-state index in [0.717, 1.165) is 36.1 Å². The van der Waals surface area contributed by atoms with Crippen LogP contribution in [0.5, 0.6) is 5.75 Å². The highest BCUT2D eigenvalue weighted by Gasteiger charge is 2.44. The summed E-state index contributed by atoms with van der Waals surface area (Å²) in [6.07, 6.45) is 3.03. The average molecular weight is 525 g/mol. The Kier molecular flexibility index (Phi) is 7.66. The first kappa shape index (κ1) is 25.2. The van der Waals surface area contributed by atoms with E-state index in [1.54, 1.807) is 29.2 Å². The molecule has 1 saturated heterocycles. The third kappa shape index (κ3) is 5.91. The predicted molar refractivity (Wildman–Crippen MR) is 136 cm³/mol. The van der Waals surface area contributed by atoms with E-state index in [4.69, 9.17) is 21.1 Å². The molecule has 1 fully saturated rings. The number of nitrogens with one attached hydrogen (secondary N) is 1. The Morgan fingerprint density at radius 2 is 1.95 bits per heavy atom. The second-order valence-corrected chi connectivity index (χ2v) is 9.66. The summed E-state index contributed by atoms with van der Waals surface area (Å²) in [5, 5.41) is 16.0. The molecule has 5 rings (SSSR count). The maximum Gasteiger partial charge on any atom is 0.254 e. The summed E-state index contributed by atoms with van der Waals surface area (Å²) in [7, 11) is 0. The lowest BCUT2D eigenvalue weighted by Gasteiger charge is -2.41. The van der Waals surface area contributed by atoms with Crippen LogP contribution in [0.1, 0.15) is 24.8 Å². The fourth-order valence-corrected chi connectivity index (χ4v) is 4.83. The van der Waals surface area contributed by atoms with E-state index in [-0.39, 0.29) is 31.5 Å². The van der Waals surface area contributed by atoms with E-state index < -0.39 is 5.60 Å². The summed E-state index contributed by atoms with van der Waals surface area (Å²) in [6.45, 7) is 1.47. The van der Waals surface area contributed by atoms with Crippen molar-refractivity contribution in [3.05, 3.63) is 59.1 Å². The Balaban J connectivity index is 1.25. The van der Waals surface area contributed by atoms with Crippen molar-refractivity contribution in [2.45, 2.75) is 37.8 Å². The summed E-state index contributed by atoms with van der Waals surface area (Å²) in [4.78, 5) is 29.4. The number of hydrogen-bond acceptors (Lipinski definition) is 7. The van der Waals surface area contributed by atoms with Crippen LogP contribution in [0.25, 0.3) is 11.4 Å².